The highest BCUT2D eigenvalue weighted by molar-refractivity contribution is 6.00. The summed E-state index contributed by atoms with van der Waals surface area (Å²) in [5.41, 5.74) is 0.258. The van der Waals surface area contributed by atoms with Crippen LogP contribution in [-0.4, -0.2) is 23.1 Å². The number of likely N-dealkylation sites (tertiary alicyclic amines) is 1. The number of carbonyl (C=O) groups excluding carboxylic acids is 2. The van der Waals surface area contributed by atoms with Crippen LogP contribution in [-0.2, 0) is 16.1 Å². The topological polar surface area (TPSA) is 37.4 Å². The Labute approximate surface area is 97.0 Å². The predicted molar refractivity (Wildman–Crippen MR) is 56.0 cm³/mol. The molecule has 0 aliphatic carbocycles. The van der Waals surface area contributed by atoms with E-state index < -0.39 is 11.6 Å². The summed E-state index contributed by atoms with van der Waals surface area (Å²) in [4.78, 5) is 23.9. The minimum Gasteiger partial charge on any atom is -0.337 e. The molecular formula is C12H11F2NO2. The van der Waals surface area contributed by atoms with Gasteiger partial charge in [0.05, 0.1) is 6.42 Å². The van der Waals surface area contributed by atoms with Crippen molar-refractivity contribution in [1.82, 2.24) is 4.90 Å². The van der Waals surface area contributed by atoms with E-state index in [1.54, 1.807) is 0 Å². The fourth-order valence-electron chi connectivity index (χ4n) is 1.78. The summed E-state index contributed by atoms with van der Waals surface area (Å²) in [5.74, 6) is -1.71. The third-order valence-electron chi connectivity index (χ3n) is 2.74. The zero-order chi connectivity index (χ0) is 12.4. The van der Waals surface area contributed by atoms with Crippen LogP contribution in [0.5, 0.6) is 0 Å². The van der Waals surface area contributed by atoms with Gasteiger partial charge in [0, 0.05) is 31.1 Å². The van der Waals surface area contributed by atoms with Crippen molar-refractivity contribution in [3.05, 3.63) is 35.4 Å². The molecule has 1 aliphatic heterocycles. The largest absolute Gasteiger partial charge is 0.337 e. The molecule has 0 saturated carbocycles. The molecule has 0 aromatic heterocycles. The number of carbonyl (C=O) groups is 2. The molecule has 17 heavy (non-hydrogen) atoms. The van der Waals surface area contributed by atoms with Gasteiger partial charge in [-0.05, 0) is 6.07 Å². The third-order valence-corrected chi connectivity index (χ3v) is 2.74. The SMILES string of the molecule is O=C1CCN(Cc2ccc(F)cc2F)C(=O)C1. The molecule has 90 valence electrons. The number of Topliss-reactive ketones (excluding diaryl/α,β-unsaturated/α-hetero) is 1. The maximum atomic E-state index is 13.4. The Balaban J connectivity index is 2.10. The minimum atomic E-state index is -0.672. The Bertz CT molecular complexity index is 474. The van der Waals surface area contributed by atoms with Crippen LogP contribution in [0.25, 0.3) is 0 Å². The molecule has 0 atom stereocenters. The molecule has 1 heterocycles. The highest BCUT2D eigenvalue weighted by Crippen LogP contribution is 2.15. The van der Waals surface area contributed by atoms with E-state index in [-0.39, 0.29) is 30.2 Å². The van der Waals surface area contributed by atoms with E-state index in [1.165, 1.54) is 11.0 Å². The Morgan fingerprint density at radius 3 is 2.65 bits per heavy atom. The minimum absolute atomic E-state index is 0.0816. The maximum absolute atomic E-state index is 13.4. The van der Waals surface area contributed by atoms with Crippen LogP contribution in [0.2, 0.25) is 0 Å². The number of hydrogen-bond acceptors (Lipinski definition) is 2. The molecule has 1 fully saturated rings. The number of rotatable bonds is 2. The molecule has 3 nitrogen and oxygen atoms in total. The number of halogens is 2. The molecule has 2 rings (SSSR count). The van der Waals surface area contributed by atoms with Gasteiger partial charge in [0.2, 0.25) is 5.91 Å². The highest BCUT2D eigenvalue weighted by atomic mass is 19.1. The molecule has 1 aliphatic rings. The smallest absolute Gasteiger partial charge is 0.230 e. The summed E-state index contributed by atoms with van der Waals surface area (Å²) in [6.07, 6.45) is 0.178. The van der Waals surface area contributed by atoms with Crippen molar-refractivity contribution in [1.29, 1.82) is 0 Å². The Morgan fingerprint density at radius 1 is 1.24 bits per heavy atom. The summed E-state index contributed by atoms with van der Waals surface area (Å²) >= 11 is 0. The maximum Gasteiger partial charge on any atom is 0.230 e. The van der Waals surface area contributed by atoms with Crippen LogP contribution < -0.4 is 0 Å². The first-order chi connectivity index (χ1) is 8.06. The fourth-order valence-corrected chi connectivity index (χ4v) is 1.78. The van der Waals surface area contributed by atoms with E-state index in [9.17, 15) is 18.4 Å². The van der Waals surface area contributed by atoms with Crippen LogP contribution in [0.3, 0.4) is 0 Å². The number of hydrogen-bond donors (Lipinski definition) is 0. The van der Waals surface area contributed by atoms with E-state index in [0.29, 0.717) is 13.0 Å². The summed E-state index contributed by atoms with van der Waals surface area (Å²) in [6.45, 7) is 0.382. The first-order valence-corrected chi connectivity index (χ1v) is 5.29. The average Bonchev–Trinajstić information content (AvgIpc) is 2.25. The van der Waals surface area contributed by atoms with Gasteiger partial charge in [0.1, 0.15) is 17.4 Å². The van der Waals surface area contributed by atoms with Gasteiger partial charge >= 0.3 is 0 Å². The number of ketones is 1. The normalized spacial score (nSPS) is 16.5. The fraction of sp³-hybridized carbons (Fsp3) is 0.333. The molecule has 0 N–H and O–H groups in total. The second-order valence-electron chi connectivity index (χ2n) is 4.02. The lowest BCUT2D eigenvalue weighted by atomic mass is 10.1. The van der Waals surface area contributed by atoms with Crippen molar-refractivity contribution >= 4 is 11.7 Å². The molecule has 0 radical (unpaired) electrons. The third kappa shape index (κ3) is 2.67. The van der Waals surface area contributed by atoms with Gasteiger partial charge in [-0.25, -0.2) is 8.78 Å². The summed E-state index contributed by atoms with van der Waals surface area (Å²) in [5, 5.41) is 0. The summed E-state index contributed by atoms with van der Waals surface area (Å²) < 4.78 is 26.1. The van der Waals surface area contributed by atoms with E-state index in [0.717, 1.165) is 12.1 Å². The van der Waals surface area contributed by atoms with E-state index in [4.69, 9.17) is 0 Å². The Morgan fingerprint density at radius 2 is 2.00 bits per heavy atom. The molecule has 5 heteroatoms. The van der Waals surface area contributed by atoms with Gasteiger partial charge in [-0.1, -0.05) is 6.07 Å². The quantitative estimate of drug-likeness (QED) is 0.736. The van der Waals surface area contributed by atoms with Gasteiger partial charge in [-0.15, -0.1) is 0 Å². The first-order valence-electron chi connectivity index (χ1n) is 5.29. The standard InChI is InChI=1S/C12H11F2NO2/c13-9-2-1-8(11(14)5-9)7-15-4-3-10(16)6-12(15)17/h1-2,5H,3-4,6-7H2. The van der Waals surface area contributed by atoms with Gasteiger partial charge < -0.3 is 4.90 Å². The van der Waals surface area contributed by atoms with E-state index in [1.807, 2.05) is 0 Å². The van der Waals surface area contributed by atoms with Crippen LogP contribution in [0.15, 0.2) is 18.2 Å². The summed E-state index contributed by atoms with van der Waals surface area (Å²) in [7, 11) is 0. The lowest BCUT2D eigenvalue weighted by Gasteiger charge is -2.26. The molecule has 0 bridgehead atoms. The first kappa shape index (κ1) is 11.7. The lowest BCUT2D eigenvalue weighted by molar-refractivity contribution is -0.139. The second kappa shape index (κ2) is 4.61. The van der Waals surface area contributed by atoms with Crippen LogP contribution in [0, 0.1) is 11.6 Å². The van der Waals surface area contributed by atoms with Crippen molar-refractivity contribution in [3.8, 4) is 0 Å². The number of amides is 1. The van der Waals surface area contributed by atoms with Crippen LogP contribution in [0.4, 0.5) is 8.78 Å². The molecular weight excluding hydrogens is 228 g/mol. The molecule has 1 amide bonds. The number of benzene rings is 1. The number of piperidine rings is 1. The van der Waals surface area contributed by atoms with Crippen molar-refractivity contribution in [2.24, 2.45) is 0 Å². The average molecular weight is 239 g/mol. The monoisotopic (exact) mass is 239 g/mol. The van der Waals surface area contributed by atoms with Gasteiger partial charge in [-0.3, -0.25) is 9.59 Å². The Kier molecular flexibility index (Phi) is 3.17. The van der Waals surface area contributed by atoms with Crippen LogP contribution in [0.1, 0.15) is 18.4 Å². The van der Waals surface area contributed by atoms with Gasteiger partial charge in [0.25, 0.3) is 0 Å². The molecule has 1 aromatic rings. The van der Waals surface area contributed by atoms with Crippen molar-refractivity contribution < 1.29 is 18.4 Å². The Hall–Kier alpha value is -1.78. The zero-order valence-electron chi connectivity index (χ0n) is 9.08. The van der Waals surface area contributed by atoms with Gasteiger partial charge in [0.15, 0.2) is 0 Å². The summed E-state index contributed by atoms with van der Waals surface area (Å²) in [6, 6.07) is 3.25. The number of nitrogens with zero attached hydrogens (tertiary/aromatic N) is 1. The molecule has 0 spiro atoms. The van der Waals surface area contributed by atoms with E-state index in [2.05, 4.69) is 0 Å². The molecule has 1 aromatic carbocycles. The zero-order valence-corrected chi connectivity index (χ0v) is 9.08. The molecule has 1 saturated heterocycles. The predicted octanol–water partition coefficient (Wildman–Crippen LogP) is 1.66. The van der Waals surface area contributed by atoms with Crippen LogP contribution >= 0.6 is 0 Å². The second-order valence-corrected chi connectivity index (χ2v) is 4.02. The van der Waals surface area contributed by atoms with Gasteiger partial charge in [-0.2, -0.15) is 0 Å². The highest BCUT2D eigenvalue weighted by Gasteiger charge is 2.24. The van der Waals surface area contributed by atoms with Crippen molar-refractivity contribution in [2.75, 3.05) is 6.54 Å². The lowest BCUT2D eigenvalue weighted by Crippen LogP contribution is -2.38. The van der Waals surface area contributed by atoms with Crippen molar-refractivity contribution in [3.63, 3.8) is 0 Å². The van der Waals surface area contributed by atoms with Crippen molar-refractivity contribution in [2.45, 2.75) is 19.4 Å². The van der Waals surface area contributed by atoms with E-state index >= 15 is 0 Å². The molecule has 0 unspecified atom stereocenters.